The second-order valence-corrected chi connectivity index (χ2v) is 3.36. The minimum absolute atomic E-state index is 0.480. The third-order valence-corrected chi connectivity index (χ3v) is 2.30. The molecule has 0 aliphatic heterocycles. The van der Waals surface area contributed by atoms with Gasteiger partial charge in [0.05, 0.1) is 16.4 Å². The van der Waals surface area contributed by atoms with Crippen LogP contribution in [0.4, 0.5) is 0 Å². The zero-order valence-electron chi connectivity index (χ0n) is 7.29. The Morgan fingerprint density at radius 1 is 1.54 bits per heavy atom. The molecule has 0 atom stereocenters. The van der Waals surface area contributed by atoms with Crippen LogP contribution in [0.15, 0.2) is 18.3 Å². The van der Waals surface area contributed by atoms with E-state index in [9.17, 15) is 0 Å². The maximum absolute atomic E-state index is 5.87. The summed E-state index contributed by atoms with van der Waals surface area (Å²) in [5.41, 5.74) is 8.47. The summed E-state index contributed by atoms with van der Waals surface area (Å²) in [4.78, 5) is 4.35. The molecule has 0 aliphatic rings. The number of rotatable bonds is 1. The van der Waals surface area contributed by atoms with Gasteiger partial charge in [0.2, 0.25) is 0 Å². The fraction of sp³-hybridized carbons (Fsp3) is 0.222. The average Bonchev–Trinajstić information content (AvgIpc) is 2.40. The van der Waals surface area contributed by atoms with Crippen LogP contribution in [0.2, 0.25) is 5.02 Å². The predicted octanol–water partition coefficient (Wildman–Crippen LogP) is 1.75. The van der Waals surface area contributed by atoms with Crippen LogP contribution in [-0.4, -0.2) is 9.38 Å². The number of aromatic nitrogens is 2. The van der Waals surface area contributed by atoms with Crippen molar-refractivity contribution in [3.63, 3.8) is 0 Å². The standard InChI is InChI=1S/C9H10ClN3/c1-6-8(4-11)13-5-7(10)2-3-9(13)12-6/h2-3,5H,4,11H2,1H3. The molecule has 3 nitrogen and oxygen atoms in total. The van der Waals surface area contributed by atoms with Gasteiger partial charge in [-0.25, -0.2) is 4.98 Å². The number of pyridine rings is 1. The first-order valence-electron chi connectivity index (χ1n) is 4.05. The van der Waals surface area contributed by atoms with Crippen molar-refractivity contribution in [1.82, 2.24) is 9.38 Å². The van der Waals surface area contributed by atoms with Crippen molar-refractivity contribution in [2.75, 3.05) is 0 Å². The van der Waals surface area contributed by atoms with Crippen molar-refractivity contribution in [3.05, 3.63) is 34.7 Å². The molecule has 13 heavy (non-hydrogen) atoms. The largest absolute Gasteiger partial charge is 0.325 e. The lowest BCUT2D eigenvalue weighted by Crippen LogP contribution is -2.02. The minimum Gasteiger partial charge on any atom is -0.325 e. The summed E-state index contributed by atoms with van der Waals surface area (Å²) in [6.45, 7) is 2.43. The Morgan fingerprint density at radius 3 is 3.00 bits per heavy atom. The Bertz CT molecular complexity index is 447. The molecule has 0 fully saturated rings. The molecule has 0 amide bonds. The van der Waals surface area contributed by atoms with E-state index in [0.717, 1.165) is 17.0 Å². The Morgan fingerprint density at radius 2 is 2.31 bits per heavy atom. The highest BCUT2D eigenvalue weighted by Crippen LogP contribution is 2.15. The molecule has 0 radical (unpaired) electrons. The van der Waals surface area contributed by atoms with Crippen molar-refractivity contribution in [1.29, 1.82) is 0 Å². The molecule has 0 unspecified atom stereocenters. The number of fused-ring (bicyclic) bond motifs is 1. The van der Waals surface area contributed by atoms with Gasteiger partial charge in [-0.3, -0.25) is 0 Å². The highest BCUT2D eigenvalue weighted by Gasteiger charge is 2.06. The molecule has 0 bridgehead atoms. The summed E-state index contributed by atoms with van der Waals surface area (Å²) in [6, 6.07) is 3.71. The van der Waals surface area contributed by atoms with Crippen LogP contribution in [0, 0.1) is 6.92 Å². The first kappa shape index (κ1) is 8.53. The van der Waals surface area contributed by atoms with Crippen molar-refractivity contribution in [2.45, 2.75) is 13.5 Å². The Labute approximate surface area is 81.1 Å². The lowest BCUT2D eigenvalue weighted by molar-refractivity contribution is 0.944. The fourth-order valence-electron chi connectivity index (χ4n) is 1.43. The molecular weight excluding hydrogens is 186 g/mol. The molecule has 2 heterocycles. The van der Waals surface area contributed by atoms with Gasteiger partial charge in [-0.1, -0.05) is 11.6 Å². The molecule has 0 aromatic carbocycles. The lowest BCUT2D eigenvalue weighted by Gasteiger charge is -1.98. The monoisotopic (exact) mass is 195 g/mol. The number of nitrogens with two attached hydrogens (primary N) is 1. The first-order chi connectivity index (χ1) is 6.22. The van der Waals surface area contributed by atoms with Crippen LogP contribution in [0.5, 0.6) is 0 Å². The van der Waals surface area contributed by atoms with Crippen LogP contribution in [0.1, 0.15) is 11.4 Å². The fourth-order valence-corrected chi connectivity index (χ4v) is 1.59. The second kappa shape index (κ2) is 3.01. The van der Waals surface area contributed by atoms with Gasteiger partial charge in [-0.05, 0) is 19.1 Å². The van der Waals surface area contributed by atoms with E-state index in [1.165, 1.54) is 0 Å². The topological polar surface area (TPSA) is 43.3 Å². The maximum atomic E-state index is 5.87. The molecular formula is C9H10ClN3. The normalized spacial score (nSPS) is 11.0. The van der Waals surface area contributed by atoms with Gasteiger partial charge in [0.15, 0.2) is 0 Å². The Kier molecular flexibility index (Phi) is 1.98. The van der Waals surface area contributed by atoms with Gasteiger partial charge in [0.1, 0.15) is 5.65 Å². The van der Waals surface area contributed by atoms with Crippen molar-refractivity contribution in [3.8, 4) is 0 Å². The second-order valence-electron chi connectivity index (χ2n) is 2.92. The number of aryl methyl sites for hydroxylation is 1. The molecule has 2 N–H and O–H groups in total. The highest BCUT2D eigenvalue weighted by atomic mass is 35.5. The predicted molar refractivity (Wildman–Crippen MR) is 52.8 cm³/mol. The number of halogens is 1. The summed E-state index contributed by atoms with van der Waals surface area (Å²) in [7, 11) is 0. The lowest BCUT2D eigenvalue weighted by atomic mass is 10.3. The number of hydrogen-bond acceptors (Lipinski definition) is 2. The van der Waals surface area contributed by atoms with Gasteiger partial charge in [-0.15, -0.1) is 0 Å². The molecule has 0 saturated heterocycles. The van der Waals surface area contributed by atoms with Crippen LogP contribution in [0.25, 0.3) is 5.65 Å². The summed E-state index contributed by atoms with van der Waals surface area (Å²) in [5, 5.41) is 0.694. The zero-order valence-corrected chi connectivity index (χ0v) is 8.04. The molecule has 0 saturated carbocycles. The summed E-state index contributed by atoms with van der Waals surface area (Å²) >= 11 is 5.87. The zero-order chi connectivity index (χ0) is 9.42. The molecule has 0 aliphatic carbocycles. The van der Waals surface area contributed by atoms with Gasteiger partial charge in [0, 0.05) is 12.7 Å². The van der Waals surface area contributed by atoms with Gasteiger partial charge < -0.3 is 10.1 Å². The number of hydrogen-bond donors (Lipinski definition) is 1. The Hall–Kier alpha value is -1.06. The molecule has 68 valence electrons. The van der Waals surface area contributed by atoms with E-state index < -0.39 is 0 Å². The smallest absolute Gasteiger partial charge is 0.137 e. The van der Waals surface area contributed by atoms with E-state index >= 15 is 0 Å². The van der Waals surface area contributed by atoms with E-state index in [2.05, 4.69) is 4.98 Å². The molecule has 2 aromatic heterocycles. The van der Waals surface area contributed by atoms with Crippen LogP contribution < -0.4 is 5.73 Å². The van der Waals surface area contributed by atoms with E-state index in [1.54, 1.807) is 0 Å². The molecule has 2 aromatic rings. The average molecular weight is 196 g/mol. The number of nitrogens with zero attached hydrogens (tertiary/aromatic N) is 2. The molecule has 2 rings (SSSR count). The van der Waals surface area contributed by atoms with Gasteiger partial charge >= 0.3 is 0 Å². The summed E-state index contributed by atoms with van der Waals surface area (Å²) < 4.78 is 1.93. The van der Waals surface area contributed by atoms with Crippen LogP contribution in [0.3, 0.4) is 0 Å². The van der Waals surface area contributed by atoms with Crippen LogP contribution >= 0.6 is 11.6 Å². The van der Waals surface area contributed by atoms with E-state index in [0.29, 0.717) is 11.6 Å². The third kappa shape index (κ3) is 1.30. The van der Waals surface area contributed by atoms with E-state index in [4.69, 9.17) is 17.3 Å². The van der Waals surface area contributed by atoms with Gasteiger partial charge in [-0.2, -0.15) is 0 Å². The highest BCUT2D eigenvalue weighted by molar-refractivity contribution is 6.30. The number of imidazole rings is 1. The molecule has 0 spiro atoms. The third-order valence-electron chi connectivity index (χ3n) is 2.07. The van der Waals surface area contributed by atoms with E-state index in [-0.39, 0.29) is 0 Å². The van der Waals surface area contributed by atoms with Crippen LogP contribution in [-0.2, 0) is 6.54 Å². The van der Waals surface area contributed by atoms with Crippen molar-refractivity contribution in [2.24, 2.45) is 5.73 Å². The van der Waals surface area contributed by atoms with Crippen molar-refractivity contribution < 1.29 is 0 Å². The summed E-state index contributed by atoms with van der Waals surface area (Å²) in [6.07, 6.45) is 1.83. The SMILES string of the molecule is Cc1nc2ccc(Cl)cn2c1CN. The summed E-state index contributed by atoms with van der Waals surface area (Å²) in [5.74, 6) is 0. The van der Waals surface area contributed by atoms with E-state index in [1.807, 2.05) is 29.7 Å². The maximum Gasteiger partial charge on any atom is 0.137 e. The minimum atomic E-state index is 0.480. The molecule has 4 heteroatoms. The quantitative estimate of drug-likeness (QED) is 0.754. The Balaban J connectivity index is 2.80. The first-order valence-corrected chi connectivity index (χ1v) is 4.43. The van der Waals surface area contributed by atoms with Gasteiger partial charge in [0.25, 0.3) is 0 Å². The van der Waals surface area contributed by atoms with Crippen molar-refractivity contribution >= 4 is 17.2 Å².